The molecule has 1 aromatic heterocycles. The van der Waals surface area contributed by atoms with E-state index in [1.54, 1.807) is 18.8 Å². The normalized spacial score (nSPS) is 14.5. The Bertz CT molecular complexity index is 1030. The summed E-state index contributed by atoms with van der Waals surface area (Å²) in [7, 11) is 1.60. The summed E-state index contributed by atoms with van der Waals surface area (Å²) < 4.78 is 2.61. The van der Waals surface area contributed by atoms with Gasteiger partial charge in [-0.25, -0.2) is 9.79 Å². The zero-order valence-corrected chi connectivity index (χ0v) is 16.2. The van der Waals surface area contributed by atoms with Crippen LogP contribution in [0, 0.1) is 12.8 Å². The number of aryl methyl sites for hydroxylation is 2. The second kappa shape index (κ2) is 7.52. The van der Waals surface area contributed by atoms with Crippen LogP contribution in [-0.4, -0.2) is 24.8 Å². The molecule has 3 aromatic rings. The van der Waals surface area contributed by atoms with Crippen LogP contribution in [0.15, 0.2) is 58.3 Å². The van der Waals surface area contributed by atoms with E-state index >= 15 is 0 Å². The van der Waals surface area contributed by atoms with Gasteiger partial charge in [-0.05, 0) is 59.5 Å². The Morgan fingerprint density at radius 3 is 2.59 bits per heavy atom. The topological polar surface area (TPSA) is 65.1 Å². The number of hydrogen-bond acceptors (Lipinski definition) is 5. The van der Waals surface area contributed by atoms with E-state index in [0.29, 0.717) is 5.92 Å². The van der Waals surface area contributed by atoms with Crippen molar-refractivity contribution >= 4 is 22.5 Å². The Morgan fingerprint density at radius 1 is 1.15 bits per heavy atom. The Balaban J connectivity index is 1.64. The molecule has 1 saturated carbocycles. The van der Waals surface area contributed by atoms with Gasteiger partial charge >= 0.3 is 5.69 Å². The highest BCUT2D eigenvalue weighted by atomic mass is 32.2. The van der Waals surface area contributed by atoms with Crippen molar-refractivity contribution in [3.05, 3.63) is 70.1 Å². The van der Waals surface area contributed by atoms with E-state index in [1.807, 2.05) is 42.5 Å². The molecule has 0 bridgehead atoms. The maximum Gasteiger partial charge on any atom is 0.368 e. The maximum atomic E-state index is 12.3. The van der Waals surface area contributed by atoms with Crippen molar-refractivity contribution in [2.24, 2.45) is 18.0 Å². The lowest BCUT2D eigenvalue weighted by Gasteiger charge is -2.12. The van der Waals surface area contributed by atoms with Gasteiger partial charge in [0.2, 0.25) is 0 Å². The van der Waals surface area contributed by atoms with Crippen LogP contribution < -0.4 is 5.69 Å². The van der Waals surface area contributed by atoms with Gasteiger partial charge in [-0.3, -0.25) is 0 Å². The third kappa shape index (κ3) is 3.88. The first-order chi connectivity index (χ1) is 13.1. The van der Waals surface area contributed by atoms with E-state index in [-0.39, 0.29) is 5.69 Å². The molecular formula is C20H21N5OS. The first kappa shape index (κ1) is 17.7. The Labute approximate surface area is 161 Å². The van der Waals surface area contributed by atoms with E-state index in [2.05, 4.69) is 23.4 Å². The average molecular weight is 379 g/mol. The summed E-state index contributed by atoms with van der Waals surface area (Å²) in [5.41, 5.74) is 3.75. The lowest BCUT2D eigenvalue weighted by atomic mass is 10.1. The third-order valence-corrected chi connectivity index (χ3v) is 5.78. The number of benzene rings is 2. The van der Waals surface area contributed by atoms with Crippen LogP contribution in [0.3, 0.4) is 0 Å². The molecule has 0 N–H and O–H groups in total. The minimum Gasteiger partial charge on any atom is -0.246 e. The van der Waals surface area contributed by atoms with Crippen molar-refractivity contribution in [2.75, 3.05) is 0 Å². The number of aliphatic imine (C=N–C) groups is 1. The Kier molecular flexibility index (Phi) is 4.94. The molecule has 27 heavy (non-hydrogen) atoms. The van der Waals surface area contributed by atoms with Crippen molar-refractivity contribution in [1.29, 1.82) is 0 Å². The SMILES string of the molecule is Cc1cccc(-n2nnn(C)c2=O)c1CSC(=Nc1ccccc1)C1CC1. The zero-order chi connectivity index (χ0) is 18.8. The number of nitrogens with zero attached hydrogens (tertiary/aromatic N) is 5. The molecule has 0 radical (unpaired) electrons. The molecule has 2 aromatic carbocycles. The summed E-state index contributed by atoms with van der Waals surface area (Å²) in [6.45, 7) is 2.06. The second-order valence-corrected chi connectivity index (χ2v) is 7.71. The summed E-state index contributed by atoms with van der Waals surface area (Å²) >= 11 is 1.76. The molecule has 1 fully saturated rings. The minimum absolute atomic E-state index is 0.243. The molecule has 0 aliphatic heterocycles. The van der Waals surface area contributed by atoms with Gasteiger partial charge in [-0.15, -0.1) is 11.8 Å². The highest BCUT2D eigenvalue weighted by molar-refractivity contribution is 8.13. The van der Waals surface area contributed by atoms with Crippen LogP contribution in [0.25, 0.3) is 5.69 Å². The van der Waals surface area contributed by atoms with Gasteiger partial charge in [0.1, 0.15) is 0 Å². The predicted octanol–water partition coefficient (Wildman–Crippen LogP) is 3.65. The van der Waals surface area contributed by atoms with Gasteiger partial charge in [0.05, 0.1) is 16.4 Å². The van der Waals surface area contributed by atoms with E-state index in [1.165, 1.54) is 27.2 Å². The third-order valence-electron chi connectivity index (χ3n) is 4.62. The number of para-hydroxylation sites is 1. The fourth-order valence-corrected chi connectivity index (χ4v) is 4.19. The van der Waals surface area contributed by atoms with Crippen molar-refractivity contribution in [3.8, 4) is 5.69 Å². The minimum atomic E-state index is -0.243. The van der Waals surface area contributed by atoms with Crippen LogP contribution in [0.2, 0.25) is 0 Å². The van der Waals surface area contributed by atoms with E-state index < -0.39 is 0 Å². The Hall–Kier alpha value is -2.67. The summed E-state index contributed by atoms with van der Waals surface area (Å²) in [5, 5.41) is 9.01. The molecule has 0 amide bonds. The molecule has 1 aliphatic rings. The second-order valence-electron chi connectivity index (χ2n) is 6.72. The lowest BCUT2D eigenvalue weighted by molar-refractivity contribution is 0.692. The van der Waals surface area contributed by atoms with Crippen molar-refractivity contribution in [3.63, 3.8) is 0 Å². The van der Waals surface area contributed by atoms with Crippen molar-refractivity contribution < 1.29 is 0 Å². The number of hydrogen-bond donors (Lipinski definition) is 0. The van der Waals surface area contributed by atoms with Crippen molar-refractivity contribution in [2.45, 2.75) is 25.5 Å². The number of tetrazole rings is 1. The molecule has 1 heterocycles. The molecule has 0 spiro atoms. The highest BCUT2D eigenvalue weighted by Gasteiger charge is 2.28. The highest BCUT2D eigenvalue weighted by Crippen LogP contribution is 2.38. The molecule has 138 valence electrons. The van der Waals surface area contributed by atoms with Crippen molar-refractivity contribution in [1.82, 2.24) is 19.8 Å². The number of rotatable bonds is 5. The lowest BCUT2D eigenvalue weighted by Crippen LogP contribution is -2.23. The molecule has 0 atom stereocenters. The fraction of sp³-hybridized carbons (Fsp3) is 0.300. The van der Waals surface area contributed by atoms with E-state index in [9.17, 15) is 4.79 Å². The quantitative estimate of drug-likeness (QED) is 0.501. The van der Waals surface area contributed by atoms with Gasteiger partial charge < -0.3 is 0 Å². The summed E-state index contributed by atoms with van der Waals surface area (Å²) in [6.07, 6.45) is 2.39. The average Bonchev–Trinajstić information content (AvgIpc) is 3.47. The number of aromatic nitrogens is 4. The first-order valence-corrected chi connectivity index (χ1v) is 9.96. The van der Waals surface area contributed by atoms with Crippen LogP contribution >= 0.6 is 11.8 Å². The molecular weight excluding hydrogens is 358 g/mol. The fourth-order valence-electron chi connectivity index (χ4n) is 2.89. The van der Waals surface area contributed by atoms with E-state index in [4.69, 9.17) is 4.99 Å². The standard InChI is InChI=1S/C20H21N5OS/c1-14-7-6-10-18(25-20(26)24(2)22-23-25)17(14)13-27-19(15-11-12-15)21-16-8-4-3-5-9-16/h3-10,15H,11-13H2,1-2H3. The molecule has 4 rings (SSSR count). The molecule has 0 unspecified atom stereocenters. The molecule has 7 heteroatoms. The van der Waals surface area contributed by atoms with Gasteiger partial charge in [0.25, 0.3) is 0 Å². The van der Waals surface area contributed by atoms with Crippen LogP contribution in [-0.2, 0) is 12.8 Å². The summed E-state index contributed by atoms with van der Waals surface area (Å²) in [6, 6.07) is 16.0. The van der Waals surface area contributed by atoms with Gasteiger partial charge in [0.15, 0.2) is 0 Å². The van der Waals surface area contributed by atoms with E-state index in [0.717, 1.165) is 28.3 Å². The maximum absolute atomic E-state index is 12.3. The predicted molar refractivity (Wildman–Crippen MR) is 109 cm³/mol. The summed E-state index contributed by atoms with van der Waals surface area (Å²) in [5.74, 6) is 1.30. The van der Waals surface area contributed by atoms with Gasteiger partial charge in [-0.2, -0.15) is 9.36 Å². The van der Waals surface area contributed by atoms with Crippen LogP contribution in [0.5, 0.6) is 0 Å². The van der Waals surface area contributed by atoms with Crippen LogP contribution in [0.4, 0.5) is 5.69 Å². The largest absolute Gasteiger partial charge is 0.368 e. The first-order valence-electron chi connectivity index (χ1n) is 8.98. The summed E-state index contributed by atoms with van der Waals surface area (Å²) in [4.78, 5) is 17.2. The number of thioether (sulfide) groups is 1. The van der Waals surface area contributed by atoms with Crippen LogP contribution in [0.1, 0.15) is 24.0 Å². The molecule has 1 aliphatic carbocycles. The molecule has 0 saturated heterocycles. The molecule has 6 nitrogen and oxygen atoms in total. The van der Waals surface area contributed by atoms with Gasteiger partial charge in [0, 0.05) is 18.7 Å². The smallest absolute Gasteiger partial charge is 0.246 e. The monoisotopic (exact) mass is 379 g/mol. The van der Waals surface area contributed by atoms with Gasteiger partial charge in [-0.1, -0.05) is 30.3 Å². The Morgan fingerprint density at radius 2 is 1.93 bits per heavy atom. The zero-order valence-electron chi connectivity index (χ0n) is 15.4.